The summed E-state index contributed by atoms with van der Waals surface area (Å²) in [6, 6.07) is 4.75. The van der Waals surface area contributed by atoms with Crippen molar-refractivity contribution in [1.29, 1.82) is 0 Å². The van der Waals surface area contributed by atoms with Crippen LogP contribution in [0, 0.1) is 6.92 Å². The molecule has 4 nitrogen and oxygen atoms in total. The quantitative estimate of drug-likeness (QED) is 0.854. The van der Waals surface area contributed by atoms with Gasteiger partial charge in [0.25, 0.3) is 0 Å². The van der Waals surface area contributed by atoms with Gasteiger partial charge in [-0.3, -0.25) is 0 Å². The molecule has 0 aromatic heterocycles. The highest BCUT2D eigenvalue weighted by Gasteiger charge is 2.23. The number of methoxy groups -OCH3 is 2. The molecule has 4 heteroatoms. The molecule has 106 valence electrons. The zero-order valence-corrected chi connectivity index (χ0v) is 12.0. The van der Waals surface area contributed by atoms with Gasteiger partial charge >= 0.3 is 0 Å². The molecule has 0 amide bonds. The summed E-state index contributed by atoms with van der Waals surface area (Å²) in [5, 5.41) is 3.54. The van der Waals surface area contributed by atoms with Crippen LogP contribution in [0.1, 0.15) is 30.4 Å². The number of nitrogens with two attached hydrogens (primary N) is 1. The Morgan fingerprint density at radius 1 is 1.26 bits per heavy atom. The molecule has 19 heavy (non-hydrogen) atoms. The van der Waals surface area contributed by atoms with Gasteiger partial charge < -0.3 is 20.5 Å². The second-order valence-electron chi connectivity index (χ2n) is 5.17. The summed E-state index contributed by atoms with van der Waals surface area (Å²) in [7, 11) is 3.38. The van der Waals surface area contributed by atoms with Crippen LogP contribution < -0.4 is 20.5 Å². The zero-order valence-electron chi connectivity index (χ0n) is 12.0. The first-order valence-electron chi connectivity index (χ1n) is 6.86. The smallest absolute Gasteiger partial charge is 0.129 e. The number of ether oxygens (including phenoxy) is 2. The highest BCUT2D eigenvalue weighted by atomic mass is 16.5. The second kappa shape index (κ2) is 6.26. The van der Waals surface area contributed by atoms with Crippen molar-refractivity contribution in [2.75, 3.05) is 14.2 Å². The Balaban J connectivity index is 2.09. The van der Waals surface area contributed by atoms with Crippen molar-refractivity contribution in [3.8, 4) is 11.5 Å². The lowest BCUT2D eigenvalue weighted by Crippen LogP contribution is -2.40. The van der Waals surface area contributed by atoms with E-state index in [1.54, 1.807) is 14.2 Å². The molecule has 0 aliphatic heterocycles. The van der Waals surface area contributed by atoms with Crippen molar-refractivity contribution < 1.29 is 9.47 Å². The molecule has 1 saturated carbocycles. The van der Waals surface area contributed by atoms with E-state index in [1.807, 2.05) is 13.0 Å². The van der Waals surface area contributed by atoms with Crippen LogP contribution in [0.2, 0.25) is 0 Å². The van der Waals surface area contributed by atoms with Gasteiger partial charge in [-0.2, -0.15) is 0 Å². The lowest BCUT2D eigenvalue weighted by molar-refractivity contribution is 0.381. The van der Waals surface area contributed by atoms with E-state index >= 15 is 0 Å². The molecule has 1 aromatic carbocycles. The Kier molecular flexibility index (Phi) is 4.66. The first-order chi connectivity index (χ1) is 9.17. The second-order valence-corrected chi connectivity index (χ2v) is 5.17. The first-order valence-corrected chi connectivity index (χ1v) is 6.86. The van der Waals surface area contributed by atoms with Crippen molar-refractivity contribution in [3.63, 3.8) is 0 Å². The SMILES string of the molecule is COc1ccc(CNC2CCCC2N)c(OC)c1C. The van der Waals surface area contributed by atoms with Gasteiger partial charge in [0.2, 0.25) is 0 Å². The summed E-state index contributed by atoms with van der Waals surface area (Å²) in [6.07, 6.45) is 3.51. The van der Waals surface area contributed by atoms with E-state index in [0.717, 1.165) is 35.6 Å². The molecule has 0 radical (unpaired) electrons. The molecule has 0 heterocycles. The maximum Gasteiger partial charge on any atom is 0.129 e. The third kappa shape index (κ3) is 3.01. The molecular formula is C15H24N2O2. The third-order valence-corrected chi connectivity index (χ3v) is 3.99. The fourth-order valence-corrected chi connectivity index (χ4v) is 2.86. The van der Waals surface area contributed by atoms with Crippen LogP contribution in [0.5, 0.6) is 11.5 Å². The maximum atomic E-state index is 6.08. The van der Waals surface area contributed by atoms with Crippen LogP contribution in [0.25, 0.3) is 0 Å². The van der Waals surface area contributed by atoms with Crippen molar-refractivity contribution in [3.05, 3.63) is 23.3 Å². The highest BCUT2D eigenvalue weighted by molar-refractivity contribution is 5.49. The first kappa shape index (κ1) is 14.2. The predicted octanol–water partition coefficient (Wildman–Crippen LogP) is 1.98. The van der Waals surface area contributed by atoms with E-state index in [4.69, 9.17) is 15.2 Å². The van der Waals surface area contributed by atoms with Gasteiger partial charge in [-0.05, 0) is 25.8 Å². The summed E-state index contributed by atoms with van der Waals surface area (Å²) in [5.74, 6) is 1.76. The van der Waals surface area contributed by atoms with E-state index in [2.05, 4.69) is 11.4 Å². The number of nitrogens with one attached hydrogen (secondary N) is 1. The zero-order chi connectivity index (χ0) is 13.8. The molecule has 2 rings (SSSR count). The van der Waals surface area contributed by atoms with Crippen LogP contribution in [0.15, 0.2) is 12.1 Å². The highest BCUT2D eigenvalue weighted by Crippen LogP contribution is 2.31. The van der Waals surface area contributed by atoms with Crippen LogP contribution in [0.4, 0.5) is 0 Å². The van der Waals surface area contributed by atoms with Crippen molar-refractivity contribution in [1.82, 2.24) is 5.32 Å². The Labute approximate surface area is 115 Å². The van der Waals surface area contributed by atoms with E-state index < -0.39 is 0 Å². The fraction of sp³-hybridized carbons (Fsp3) is 0.600. The molecule has 2 unspecified atom stereocenters. The summed E-state index contributed by atoms with van der Waals surface area (Å²) in [5.41, 5.74) is 8.27. The van der Waals surface area contributed by atoms with E-state index in [1.165, 1.54) is 12.8 Å². The number of hydrogen-bond donors (Lipinski definition) is 2. The maximum absolute atomic E-state index is 6.08. The van der Waals surface area contributed by atoms with Crippen LogP contribution in [-0.2, 0) is 6.54 Å². The Morgan fingerprint density at radius 2 is 2.05 bits per heavy atom. The lowest BCUT2D eigenvalue weighted by Gasteiger charge is -2.19. The third-order valence-electron chi connectivity index (χ3n) is 3.99. The largest absolute Gasteiger partial charge is 0.496 e. The van der Waals surface area contributed by atoms with Gasteiger partial charge in [-0.25, -0.2) is 0 Å². The molecule has 2 atom stereocenters. The predicted molar refractivity (Wildman–Crippen MR) is 76.7 cm³/mol. The van der Waals surface area contributed by atoms with Gasteiger partial charge in [0, 0.05) is 29.8 Å². The molecule has 0 saturated heterocycles. The summed E-state index contributed by atoms with van der Waals surface area (Å²) in [6.45, 7) is 2.80. The molecule has 0 spiro atoms. The minimum Gasteiger partial charge on any atom is -0.496 e. The van der Waals surface area contributed by atoms with E-state index in [-0.39, 0.29) is 6.04 Å². The Hall–Kier alpha value is -1.26. The normalized spacial score (nSPS) is 22.5. The van der Waals surface area contributed by atoms with Crippen LogP contribution in [-0.4, -0.2) is 26.3 Å². The summed E-state index contributed by atoms with van der Waals surface area (Å²) in [4.78, 5) is 0. The van der Waals surface area contributed by atoms with Gasteiger partial charge in [-0.15, -0.1) is 0 Å². The standard InChI is InChI=1S/C15H24N2O2/c1-10-14(18-2)8-7-11(15(10)19-3)9-17-13-6-4-5-12(13)16/h7-8,12-13,17H,4-6,9,16H2,1-3H3. The van der Waals surface area contributed by atoms with Crippen molar-refractivity contribution in [2.24, 2.45) is 5.73 Å². The minimum atomic E-state index is 0.283. The number of hydrogen-bond acceptors (Lipinski definition) is 4. The molecular weight excluding hydrogens is 240 g/mol. The monoisotopic (exact) mass is 264 g/mol. The fourth-order valence-electron chi connectivity index (χ4n) is 2.86. The molecule has 0 bridgehead atoms. The summed E-state index contributed by atoms with van der Waals surface area (Å²) >= 11 is 0. The lowest BCUT2D eigenvalue weighted by atomic mass is 10.1. The summed E-state index contributed by atoms with van der Waals surface area (Å²) < 4.78 is 10.8. The molecule has 3 N–H and O–H groups in total. The van der Waals surface area contributed by atoms with Crippen molar-refractivity contribution >= 4 is 0 Å². The van der Waals surface area contributed by atoms with Crippen LogP contribution >= 0.6 is 0 Å². The van der Waals surface area contributed by atoms with Gasteiger partial charge in [0.05, 0.1) is 14.2 Å². The molecule has 1 fully saturated rings. The molecule has 1 aliphatic carbocycles. The van der Waals surface area contributed by atoms with Gasteiger partial charge in [-0.1, -0.05) is 12.5 Å². The average Bonchev–Trinajstić information content (AvgIpc) is 2.82. The van der Waals surface area contributed by atoms with Gasteiger partial charge in [0.1, 0.15) is 11.5 Å². The van der Waals surface area contributed by atoms with Crippen LogP contribution in [0.3, 0.4) is 0 Å². The molecule has 1 aliphatic rings. The molecule has 1 aromatic rings. The Morgan fingerprint density at radius 3 is 2.63 bits per heavy atom. The number of rotatable bonds is 5. The number of benzene rings is 1. The topological polar surface area (TPSA) is 56.5 Å². The van der Waals surface area contributed by atoms with Gasteiger partial charge in [0.15, 0.2) is 0 Å². The Bertz CT molecular complexity index is 434. The average molecular weight is 264 g/mol. The van der Waals surface area contributed by atoms with E-state index in [9.17, 15) is 0 Å². The minimum absolute atomic E-state index is 0.283. The van der Waals surface area contributed by atoms with Crippen molar-refractivity contribution in [2.45, 2.75) is 44.8 Å². The van der Waals surface area contributed by atoms with E-state index in [0.29, 0.717) is 6.04 Å².